The van der Waals surface area contributed by atoms with Gasteiger partial charge in [-0.2, -0.15) is 0 Å². The van der Waals surface area contributed by atoms with Crippen LogP contribution < -0.4 is 10.6 Å². The van der Waals surface area contributed by atoms with Crippen molar-refractivity contribution >= 4 is 17.8 Å². The van der Waals surface area contributed by atoms with E-state index in [1.807, 2.05) is 13.8 Å². The number of aliphatic carboxylic acids is 1. The second-order valence-corrected chi connectivity index (χ2v) is 7.11. The molecule has 1 rings (SSSR count). The number of hydrogen-bond donors (Lipinski definition) is 3. The Labute approximate surface area is 153 Å². The molecule has 2 atom stereocenters. The molecule has 0 saturated carbocycles. The Hall–Kier alpha value is -2.44. The van der Waals surface area contributed by atoms with Gasteiger partial charge in [-0.3, -0.25) is 14.4 Å². The first-order valence-electron chi connectivity index (χ1n) is 8.68. The van der Waals surface area contributed by atoms with E-state index in [1.54, 1.807) is 13.8 Å². The molecule has 0 radical (unpaired) electrons. The molecule has 144 valence electrons. The van der Waals surface area contributed by atoms with Crippen molar-refractivity contribution in [2.45, 2.75) is 40.2 Å². The maximum atomic E-state index is 13.0. The Morgan fingerprint density at radius 3 is 2.12 bits per heavy atom. The molecule has 0 aliphatic rings. The Kier molecular flexibility index (Phi) is 8.22. The predicted octanol–water partition coefficient (Wildman–Crippen LogP) is 2.44. The number of benzene rings is 1. The van der Waals surface area contributed by atoms with E-state index in [0.29, 0.717) is 6.42 Å². The van der Waals surface area contributed by atoms with E-state index in [2.05, 4.69) is 10.6 Å². The molecule has 7 heteroatoms. The molecule has 1 aromatic rings. The van der Waals surface area contributed by atoms with Gasteiger partial charge in [0.1, 0.15) is 11.9 Å². The molecule has 3 N–H and O–H groups in total. The first kappa shape index (κ1) is 21.6. The van der Waals surface area contributed by atoms with Gasteiger partial charge in [-0.1, -0.05) is 27.7 Å². The van der Waals surface area contributed by atoms with Crippen LogP contribution in [-0.2, 0) is 9.59 Å². The van der Waals surface area contributed by atoms with Crippen molar-refractivity contribution in [1.29, 1.82) is 0 Å². The van der Waals surface area contributed by atoms with Crippen LogP contribution in [0, 0.1) is 23.6 Å². The number of amides is 2. The maximum absolute atomic E-state index is 13.0. The van der Waals surface area contributed by atoms with Crippen molar-refractivity contribution in [3.63, 3.8) is 0 Å². The van der Waals surface area contributed by atoms with Crippen molar-refractivity contribution in [3.8, 4) is 0 Å². The van der Waals surface area contributed by atoms with E-state index in [-0.39, 0.29) is 23.9 Å². The molecule has 26 heavy (non-hydrogen) atoms. The number of carbonyl (C=O) groups excluding carboxylic acids is 2. The number of halogens is 1. The number of carbonyl (C=O) groups is 3. The van der Waals surface area contributed by atoms with Crippen LogP contribution in [0.4, 0.5) is 4.39 Å². The van der Waals surface area contributed by atoms with Crippen molar-refractivity contribution < 1.29 is 23.9 Å². The second kappa shape index (κ2) is 9.89. The van der Waals surface area contributed by atoms with Crippen LogP contribution in [0.15, 0.2) is 24.3 Å². The summed E-state index contributed by atoms with van der Waals surface area (Å²) >= 11 is 0. The topological polar surface area (TPSA) is 95.5 Å². The lowest BCUT2D eigenvalue weighted by Gasteiger charge is -2.23. The van der Waals surface area contributed by atoms with Crippen LogP contribution in [0.5, 0.6) is 0 Å². The summed E-state index contributed by atoms with van der Waals surface area (Å²) in [4.78, 5) is 36.0. The number of carboxylic acid groups (broad SMARTS) is 1. The molecule has 0 heterocycles. The molecule has 0 saturated heterocycles. The van der Waals surface area contributed by atoms with Gasteiger partial charge in [-0.05, 0) is 42.5 Å². The van der Waals surface area contributed by atoms with Crippen LogP contribution in [0.2, 0.25) is 0 Å². The smallest absolute Gasteiger partial charge is 0.308 e. The summed E-state index contributed by atoms with van der Waals surface area (Å²) in [7, 11) is 0. The lowest BCUT2D eigenvalue weighted by atomic mass is 9.96. The fourth-order valence-electron chi connectivity index (χ4n) is 2.54. The van der Waals surface area contributed by atoms with Crippen LogP contribution in [-0.4, -0.2) is 35.5 Å². The Bertz CT molecular complexity index is 629. The van der Waals surface area contributed by atoms with Crippen LogP contribution >= 0.6 is 0 Å². The second-order valence-electron chi connectivity index (χ2n) is 7.11. The quantitative estimate of drug-likeness (QED) is 0.625. The van der Waals surface area contributed by atoms with E-state index in [1.165, 1.54) is 24.3 Å². The average Bonchev–Trinajstić information content (AvgIpc) is 2.55. The van der Waals surface area contributed by atoms with Crippen LogP contribution in [0.1, 0.15) is 44.5 Å². The Morgan fingerprint density at radius 1 is 1.08 bits per heavy atom. The molecule has 0 spiro atoms. The first-order chi connectivity index (χ1) is 12.1. The van der Waals surface area contributed by atoms with Crippen molar-refractivity contribution in [2.24, 2.45) is 17.8 Å². The third-order valence-electron chi connectivity index (χ3n) is 3.97. The SMILES string of the molecule is CC(C)CC(CNC(=O)C(NC(=O)c1ccc(F)cc1)C(C)C)C(=O)O. The number of rotatable bonds is 9. The van der Waals surface area contributed by atoms with Crippen molar-refractivity contribution in [2.75, 3.05) is 6.54 Å². The summed E-state index contributed by atoms with van der Waals surface area (Å²) < 4.78 is 13.0. The van der Waals surface area contributed by atoms with Gasteiger partial charge in [0.05, 0.1) is 5.92 Å². The summed E-state index contributed by atoms with van der Waals surface area (Å²) in [6.07, 6.45) is 0.448. The van der Waals surface area contributed by atoms with Gasteiger partial charge in [-0.25, -0.2) is 4.39 Å². The van der Waals surface area contributed by atoms with Gasteiger partial charge in [0.25, 0.3) is 5.91 Å². The fourth-order valence-corrected chi connectivity index (χ4v) is 2.54. The third kappa shape index (κ3) is 6.82. The summed E-state index contributed by atoms with van der Waals surface area (Å²) in [6.45, 7) is 7.38. The summed E-state index contributed by atoms with van der Waals surface area (Å²) in [5, 5.41) is 14.5. The highest BCUT2D eigenvalue weighted by Gasteiger charge is 2.26. The van der Waals surface area contributed by atoms with E-state index in [9.17, 15) is 23.9 Å². The molecule has 0 bridgehead atoms. The molecular weight excluding hydrogens is 339 g/mol. The van der Waals surface area contributed by atoms with Gasteiger partial charge in [-0.15, -0.1) is 0 Å². The molecular formula is C19H27FN2O4. The molecule has 2 unspecified atom stereocenters. The normalized spacial score (nSPS) is 13.3. The number of nitrogens with one attached hydrogen (secondary N) is 2. The van der Waals surface area contributed by atoms with Crippen LogP contribution in [0.3, 0.4) is 0 Å². The summed E-state index contributed by atoms with van der Waals surface area (Å²) in [5.74, 6) is -3.04. The minimum absolute atomic E-state index is 0.00197. The van der Waals surface area contributed by atoms with E-state index < -0.39 is 35.6 Å². The van der Waals surface area contributed by atoms with Crippen molar-refractivity contribution in [3.05, 3.63) is 35.6 Å². The average molecular weight is 366 g/mol. The molecule has 0 aliphatic heterocycles. The fraction of sp³-hybridized carbons (Fsp3) is 0.526. The van der Waals surface area contributed by atoms with Crippen LogP contribution in [0.25, 0.3) is 0 Å². The van der Waals surface area contributed by atoms with E-state index in [4.69, 9.17) is 0 Å². The van der Waals surface area contributed by atoms with Gasteiger partial charge in [0.15, 0.2) is 0 Å². The monoisotopic (exact) mass is 366 g/mol. The molecule has 1 aromatic carbocycles. The molecule has 2 amide bonds. The molecule has 0 fully saturated rings. The number of hydrogen-bond acceptors (Lipinski definition) is 3. The summed E-state index contributed by atoms with van der Waals surface area (Å²) in [6, 6.07) is 4.19. The predicted molar refractivity (Wildman–Crippen MR) is 96.1 cm³/mol. The lowest BCUT2D eigenvalue weighted by Crippen LogP contribution is -2.51. The third-order valence-corrected chi connectivity index (χ3v) is 3.97. The Balaban J connectivity index is 2.73. The standard InChI is InChI=1S/C19H27FN2O4/c1-11(2)9-14(19(25)26)10-21-18(24)16(12(3)4)22-17(23)13-5-7-15(20)8-6-13/h5-8,11-12,14,16H,9-10H2,1-4H3,(H,21,24)(H,22,23)(H,25,26). The van der Waals surface area contributed by atoms with Gasteiger partial charge in [0.2, 0.25) is 5.91 Å². The minimum Gasteiger partial charge on any atom is -0.481 e. The summed E-state index contributed by atoms with van der Waals surface area (Å²) in [5.41, 5.74) is 0.244. The molecule has 6 nitrogen and oxygen atoms in total. The molecule has 0 aromatic heterocycles. The zero-order chi connectivity index (χ0) is 19.9. The van der Waals surface area contributed by atoms with Crippen molar-refractivity contribution in [1.82, 2.24) is 10.6 Å². The van der Waals surface area contributed by atoms with Gasteiger partial charge >= 0.3 is 5.97 Å². The van der Waals surface area contributed by atoms with Gasteiger partial charge in [0, 0.05) is 12.1 Å². The zero-order valence-corrected chi connectivity index (χ0v) is 15.6. The minimum atomic E-state index is -0.963. The molecule has 0 aliphatic carbocycles. The highest BCUT2D eigenvalue weighted by Crippen LogP contribution is 2.12. The van der Waals surface area contributed by atoms with E-state index in [0.717, 1.165) is 0 Å². The first-order valence-corrected chi connectivity index (χ1v) is 8.68. The number of carboxylic acids is 1. The Morgan fingerprint density at radius 2 is 1.65 bits per heavy atom. The maximum Gasteiger partial charge on any atom is 0.308 e. The highest BCUT2D eigenvalue weighted by atomic mass is 19.1. The van der Waals surface area contributed by atoms with E-state index >= 15 is 0 Å². The van der Waals surface area contributed by atoms with Gasteiger partial charge < -0.3 is 15.7 Å². The zero-order valence-electron chi connectivity index (χ0n) is 15.6. The highest BCUT2D eigenvalue weighted by molar-refractivity contribution is 5.97. The lowest BCUT2D eigenvalue weighted by molar-refractivity contribution is -0.142. The largest absolute Gasteiger partial charge is 0.481 e.